The SMILES string of the molecule is Cc1cc(-c2ccccc2)c2c(C)nn(-c3ccc([N+](=O)[O-])cc3)c2n1. The van der Waals surface area contributed by atoms with Crippen LogP contribution in [-0.2, 0) is 0 Å². The Morgan fingerprint density at radius 3 is 2.35 bits per heavy atom. The van der Waals surface area contributed by atoms with Crippen LogP contribution in [-0.4, -0.2) is 19.7 Å². The van der Waals surface area contributed by atoms with Crippen molar-refractivity contribution < 1.29 is 4.92 Å². The van der Waals surface area contributed by atoms with Gasteiger partial charge in [0.2, 0.25) is 0 Å². The van der Waals surface area contributed by atoms with Crippen LogP contribution in [0.15, 0.2) is 60.7 Å². The molecule has 6 heteroatoms. The first-order valence-corrected chi connectivity index (χ1v) is 8.22. The zero-order valence-electron chi connectivity index (χ0n) is 14.4. The molecule has 0 bridgehead atoms. The molecule has 0 aliphatic rings. The van der Waals surface area contributed by atoms with Crippen molar-refractivity contribution in [1.29, 1.82) is 0 Å². The number of aromatic nitrogens is 3. The van der Waals surface area contributed by atoms with Crippen LogP contribution in [0, 0.1) is 24.0 Å². The van der Waals surface area contributed by atoms with Crippen LogP contribution in [0.1, 0.15) is 11.4 Å². The summed E-state index contributed by atoms with van der Waals surface area (Å²) in [6.45, 7) is 3.90. The molecule has 2 heterocycles. The normalized spacial score (nSPS) is 11.0. The van der Waals surface area contributed by atoms with Crippen molar-refractivity contribution in [3.63, 3.8) is 0 Å². The van der Waals surface area contributed by atoms with Crippen molar-refractivity contribution in [2.24, 2.45) is 0 Å². The van der Waals surface area contributed by atoms with Crippen LogP contribution in [0.5, 0.6) is 0 Å². The predicted octanol–water partition coefficient (Wildman–Crippen LogP) is 4.61. The number of non-ortho nitro benzene ring substituents is 1. The molecule has 0 fully saturated rings. The first-order valence-electron chi connectivity index (χ1n) is 8.22. The zero-order chi connectivity index (χ0) is 18.3. The molecule has 0 aliphatic carbocycles. The standard InChI is InChI=1S/C20H16N4O2/c1-13-12-18(15-6-4-3-5-7-15)19-14(2)22-23(20(19)21-13)16-8-10-17(11-9-16)24(25)26/h3-12H,1-2H3. The lowest BCUT2D eigenvalue weighted by Gasteiger charge is -2.07. The molecule has 0 N–H and O–H groups in total. The quantitative estimate of drug-likeness (QED) is 0.402. The van der Waals surface area contributed by atoms with Gasteiger partial charge in [-0.15, -0.1) is 0 Å². The highest BCUT2D eigenvalue weighted by atomic mass is 16.6. The summed E-state index contributed by atoms with van der Waals surface area (Å²) in [6.07, 6.45) is 0. The Hall–Kier alpha value is -3.54. The van der Waals surface area contributed by atoms with Gasteiger partial charge in [0.05, 0.1) is 21.7 Å². The fourth-order valence-electron chi connectivity index (χ4n) is 3.16. The van der Waals surface area contributed by atoms with Crippen LogP contribution in [0.3, 0.4) is 0 Å². The summed E-state index contributed by atoms with van der Waals surface area (Å²) in [5, 5.41) is 16.5. The van der Waals surface area contributed by atoms with E-state index >= 15 is 0 Å². The Labute approximate surface area is 149 Å². The molecule has 0 saturated carbocycles. The third-order valence-electron chi connectivity index (χ3n) is 4.33. The smallest absolute Gasteiger partial charge is 0.258 e. The molecular weight excluding hydrogens is 328 g/mol. The Bertz CT molecular complexity index is 1120. The van der Waals surface area contributed by atoms with Crippen molar-refractivity contribution in [1.82, 2.24) is 14.8 Å². The van der Waals surface area contributed by atoms with Gasteiger partial charge in [-0.1, -0.05) is 30.3 Å². The van der Waals surface area contributed by atoms with Gasteiger partial charge < -0.3 is 0 Å². The molecule has 4 rings (SSSR count). The maximum absolute atomic E-state index is 10.9. The van der Waals surface area contributed by atoms with Gasteiger partial charge in [0, 0.05) is 17.8 Å². The lowest BCUT2D eigenvalue weighted by Crippen LogP contribution is -1.99. The van der Waals surface area contributed by atoms with Gasteiger partial charge in [0.25, 0.3) is 5.69 Å². The van der Waals surface area contributed by atoms with E-state index < -0.39 is 4.92 Å². The van der Waals surface area contributed by atoms with E-state index in [0.29, 0.717) is 0 Å². The third kappa shape index (κ3) is 2.61. The zero-order valence-corrected chi connectivity index (χ0v) is 14.4. The molecule has 0 unspecified atom stereocenters. The second kappa shape index (κ2) is 6.07. The van der Waals surface area contributed by atoms with Crippen molar-refractivity contribution in [3.05, 3.63) is 82.2 Å². The van der Waals surface area contributed by atoms with Gasteiger partial charge >= 0.3 is 0 Å². The van der Waals surface area contributed by atoms with E-state index in [1.165, 1.54) is 12.1 Å². The predicted molar refractivity (Wildman–Crippen MR) is 100 cm³/mol. The highest BCUT2D eigenvalue weighted by Crippen LogP contribution is 2.32. The number of hydrogen-bond acceptors (Lipinski definition) is 4. The molecule has 6 nitrogen and oxygen atoms in total. The molecule has 0 atom stereocenters. The minimum atomic E-state index is -0.411. The fourth-order valence-corrected chi connectivity index (χ4v) is 3.16. The van der Waals surface area contributed by atoms with Crippen LogP contribution in [0.4, 0.5) is 5.69 Å². The van der Waals surface area contributed by atoms with E-state index in [0.717, 1.165) is 39.2 Å². The van der Waals surface area contributed by atoms with E-state index in [9.17, 15) is 10.1 Å². The number of rotatable bonds is 3. The summed E-state index contributed by atoms with van der Waals surface area (Å²) in [6, 6.07) is 18.5. The van der Waals surface area contributed by atoms with Crippen molar-refractivity contribution in [2.45, 2.75) is 13.8 Å². The molecule has 26 heavy (non-hydrogen) atoms. The second-order valence-electron chi connectivity index (χ2n) is 6.15. The molecule has 0 radical (unpaired) electrons. The Morgan fingerprint density at radius 2 is 1.69 bits per heavy atom. The lowest BCUT2D eigenvalue weighted by atomic mass is 10.0. The van der Waals surface area contributed by atoms with Gasteiger partial charge in [-0.2, -0.15) is 5.10 Å². The topological polar surface area (TPSA) is 73.8 Å². The Morgan fingerprint density at radius 1 is 1.00 bits per heavy atom. The number of aryl methyl sites for hydroxylation is 2. The molecule has 4 aromatic rings. The number of nitrogens with zero attached hydrogens (tertiary/aromatic N) is 4. The Kier molecular flexibility index (Phi) is 3.73. The number of hydrogen-bond donors (Lipinski definition) is 0. The van der Waals surface area contributed by atoms with E-state index in [4.69, 9.17) is 0 Å². The highest BCUT2D eigenvalue weighted by Gasteiger charge is 2.16. The molecular formula is C20H16N4O2. The van der Waals surface area contributed by atoms with Crippen LogP contribution < -0.4 is 0 Å². The van der Waals surface area contributed by atoms with Crippen LogP contribution >= 0.6 is 0 Å². The van der Waals surface area contributed by atoms with E-state index in [2.05, 4.69) is 28.3 Å². The van der Waals surface area contributed by atoms with Gasteiger partial charge in [-0.3, -0.25) is 10.1 Å². The first-order chi connectivity index (χ1) is 12.5. The monoisotopic (exact) mass is 344 g/mol. The van der Waals surface area contributed by atoms with Gasteiger partial charge in [0.15, 0.2) is 5.65 Å². The van der Waals surface area contributed by atoms with Crippen LogP contribution in [0.25, 0.3) is 27.8 Å². The average Bonchev–Trinajstić information content (AvgIpc) is 2.98. The summed E-state index contributed by atoms with van der Waals surface area (Å²) in [4.78, 5) is 15.2. The number of nitro groups is 1. The van der Waals surface area contributed by atoms with Crippen molar-refractivity contribution >= 4 is 16.7 Å². The van der Waals surface area contributed by atoms with E-state index in [-0.39, 0.29) is 5.69 Å². The molecule has 2 aromatic heterocycles. The molecule has 0 amide bonds. The first kappa shape index (κ1) is 16.0. The van der Waals surface area contributed by atoms with E-state index in [1.807, 2.05) is 32.0 Å². The molecule has 0 saturated heterocycles. The van der Waals surface area contributed by atoms with Gasteiger partial charge in [-0.05, 0) is 43.2 Å². The summed E-state index contributed by atoms with van der Waals surface area (Å²) >= 11 is 0. The number of fused-ring (bicyclic) bond motifs is 1. The van der Waals surface area contributed by atoms with E-state index in [1.54, 1.807) is 16.8 Å². The molecule has 2 aromatic carbocycles. The summed E-state index contributed by atoms with van der Waals surface area (Å²) in [5.41, 5.74) is 5.48. The maximum atomic E-state index is 10.9. The largest absolute Gasteiger partial charge is 0.269 e. The highest BCUT2D eigenvalue weighted by molar-refractivity contribution is 5.95. The third-order valence-corrected chi connectivity index (χ3v) is 4.33. The van der Waals surface area contributed by atoms with Crippen LogP contribution in [0.2, 0.25) is 0 Å². The lowest BCUT2D eigenvalue weighted by molar-refractivity contribution is -0.384. The van der Waals surface area contributed by atoms with Crippen molar-refractivity contribution in [2.75, 3.05) is 0 Å². The summed E-state index contributed by atoms with van der Waals surface area (Å²) in [7, 11) is 0. The number of pyridine rings is 1. The van der Waals surface area contributed by atoms with Crippen molar-refractivity contribution in [3.8, 4) is 16.8 Å². The summed E-state index contributed by atoms with van der Waals surface area (Å²) in [5.74, 6) is 0. The molecule has 0 spiro atoms. The number of benzene rings is 2. The summed E-state index contributed by atoms with van der Waals surface area (Å²) < 4.78 is 1.74. The Balaban J connectivity index is 1.96. The second-order valence-corrected chi connectivity index (χ2v) is 6.15. The molecule has 128 valence electrons. The number of nitro benzene ring substituents is 1. The maximum Gasteiger partial charge on any atom is 0.269 e. The minimum Gasteiger partial charge on any atom is -0.258 e. The fraction of sp³-hybridized carbons (Fsp3) is 0.100. The average molecular weight is 344 g/mol. The molecule has 0 aliphatic heterocycles. The van der Waals surface area contributed by atoms with Gasteiger partial charge in [-0.25, -0.2) is 9.67 Å². The van der Waals surface area contributed by atoms with Gasteiger partial charge in [0.1, 0.15) is 0 Å². The minimum absolute atomic E-state index is 0.0519.